The van der Waals surface area contributed by atoms with Crippen molar-refractivity contribution in [3.05, 3.63) is 68.6 Å². The smallest absolute Gasteiger partial charge is 0.295 e. The van der Waals surface area contributed by atoms with Crippen molar-refractivity contribution in [3.63, 3.8) is 0 Å². The van der Waals surface area contributed by atoms with Gasteiger partial charge in [-0.2, -0.15) is 9.78 Å². The van der Waals surface area contributed by atoms with Gasteiger partial charge in [0.2, 0.25) is 5.91 Å². The molecule has 5 aliphatic rings. The molecule has 208 valence electrons. The molecular formula is C31H35N5O4. The monoisotopic (exact) mass is 541 g/mol. The van der Waals surface area contributed by atoms with Gasteiger partial charge in [0.25, 0.3) is 11.2 Å². The topological polar surface area (TPSA) is 102 Å². The molecular weight excluding hydrogens is 506 g/mol. The number of hydrogen-bond acceptors (Lipinski definition) is 6. The van der Waals surface area contributed by atoms with Crippen LogP contribution in [0.5, 0.6) is 0 Å². The summed E-state index contributed by atoms with van der Waals surface area (Å²) in [4.78, 5) is 42.4. The largest absolute Gasteiger partial charge is 0.368 e. The zero-order valence-corrected chi connectivity index (χ0v) is 22.9. The molecule has 9 nitrogen and oxygen atoms in total. The highest BCUT2D eigenvalue weighted by molar-refractivity contribution is 5.84. The third-order valence-corrected chi connectivity index (χ3v) is 10.1. The van der Waals surface area contributed by atoms with Crippen molar-refractivity contribution in [1.29, 1.82) is 0 Å². The molecule has 0 atom stereocenters. The van der Waals surface area contributed by atoms with Gasteiger partial charge in [0.05, 0.1) is 16.0 Å². The second-order valence-corrected chi connectivity index (χ2v) is 12.7. The highest BCUT2D eigenvalue weighted by Gasteiger charge is 2.51. The fourth-order valence-corrected chi connectivity index (χ4v) is 8.70. The normalized spacial score (nSPS) is 27.4. The molecule has 8 rings (SSSR count). The third-order valence-electron chi connectivity index (χ3n) is 10.1. The fourth-order valence-electron chi connectivity index (χ4n) is 8.70. The van der Waals surface area contributed by atoms with Crippen LogP contribution in [-0.4, -0.2) is 51.7 Å². The first kappa shape index (κ1) is 25.2. The average Bonchev–Trinajstić information content (AvgIpc) is 2.94. The van der Waals surface area contributed by atoms with E-state index >= 15 is 0 Å². The van der Waals surface area contributed by atoms with Crippen LogP contribution in [0.3, 0.4) is 0 Å². The molecule has 1 aromatic heterocycles. The van der Waals surface area contributed by atoms with Crippen LogP contribution in [0.1, 0.15) is 50.6 Å². The van der Waals surface area contributed by atoms with Gasteiger partial charge in [-0.1, -0.05) is 18.2 Å². The summed E-state index contributed by atoms with van der Waals surface area (Å²) in [5.41, 5.74) is 1.24. The summed E-state index contributed by atoms with van der Waals surface area (Å²) >= 11 is 0. The number of benzene rings is 2. The summed E-state index contributed by atoms with van der Waals surface area (Å²) in [5, 5.41) is 17.6. The van der Waals surface area contributed by atoms with Crippen LogP contribution in [0.25, 0.3) is 16.5 Å². The Bertz CT molecular complexity index is 1540. The number of hydrogen-bond donors (Lipinski definition) is 0. The molecule has 1 saturated heterocycles. The van der Waals surface area contributed by atoms with E-state index < -0.39 is 4.92 Å². The number of carbonyl (C=O) groups excluding carboxylic acids is 1. The third kappa shape index (κ3) is 4.26. The van der Waals surface area contributed by atoms with E-state index in [1.165, 1.54) is 44.6 Å². The summed E-state index contributed by atoms with van der Waals surface area (Å²) in [7, 11) is 0. The Hall–Kier alpha value is -3.75. The van der Waals surface area contributed by atoms with Crippen LogP contribution in [0.2, 0.25) is 0 Å². The summed E-state index contributed by atoms with van der Waals surface area (Å²) in [6, 6.07) is 12.0. The standard InChI is InChI=1S/C31H35N5O4/c1-20-25-4-2-3-5-26(25)30(38)35(32-20)28-15-24(6-7-27(28)36(39)40)33-8-10-34(11-9-33)29(37)19-31-16-21-12-22(17-31)14-23(13-21)18-31/h2-7,15,21-23H,8-14,16-19H2,1H3. The van der Waals surface area contributed by atoms with Gasteiger partial charge in [-0.15, -0.1) is 0 Å². The van der Waals surface area contributed by atoms with Crippen molar-refractivity contribution in [2.45, 2.75) is 51.9 Å². The number of aryl methyl sites for hydroxylation is 1. The predicted octanol–water partition coefficient (Wildman–Crippen LogP) is 4.86. The van der Waals surface area contributed by atoms with Crippen molar-refractivity contribution in [2.24, 2.45) is 23.2 Å². The van der Waals surface area contributed by atoms with Crippen molar-refractivity contribution in [3.8, 4) is 5.69 Å². The van der Waals surface area contributed by atoms with Crippen LogP contribution in [0.15, 0.2) is 47.3 Å². The minimum Gasteiger partial charge on any atom is -0.368 e. The van der Waals surface area contributed by atoms with Crippen LogP contribution in [0.4, 0.5) is 11.4 Å². The van der Waals surface area contributed by atoms with E-state index in [-0.39, 0.29) is 28.3 Å². The van der Waals surface area contributed by atoms with E-state index in [4.69, 9.17) is 0 Å². The van der Waals surface area contributed by atoms with Crippen LogP contribution in [-0.2, 0) is 4.79 Å². The molecule has 5 fully saturated rings. The van der Waals surface area contributed by atoms with E-state index in [9.17, 15) is 19.7 Å². The number of amides is 1. The molecule has 0 unspecified atom stereocenters. The number of anilines is 1. The molecule has 4 aliphatic carbocycles. The van der Waals surface area contributed by atoms with Crippen LogP contribution < -0.4 is 10.5 Å². The predicted molar refractivity (Wildman–Crippen MR) is 153 cm³/mol. The molecule has 0 spiro atoms. The number of nitro benzene ring substituents is 1. The molecule has 0 N–H and O–H groups in total. The lowest BCUT2D eigenvalue weighted by Gasteiger charge is -2.57. The molecule has 3 aromatic rings. The second kappa shape index (κ2) is 9.42. The minimum atomic E-state index is -0.473. The van der Waals surface area contributed by atoms with Gasteiger partial charge in [-0.25, -0.2) is 0 Å². The minimum absolute atomic E-state index is 0.154. The van der Waals surface area contributed by atoms with Gasteiger partial charge in [0.1, 0.15) is 5.69 Å². The van der Waals surface area contributed by atoms with Gasteiger partial charge >= 0.3 is 0 Å². The van der Waals surface area contributed by atoms with E-state index in [0.29, 0.717) is 43.7 Å². The molecule has 0 radical (unpaired) electrons. The number of fused-ring (bicyclic) bond motifs is 1. The Balaban J connectivity index is 1.10. The zero-order chi connectivity index (χ0) is 27.6. The first-order valence-corrected chi connectivity index (χ1v) is 14.6. The zero-order valence-electron chi connectivity index (χ0n) is 22.9. The summed E-state index contributed by atoms with van der Waals surface area (Å²) in [6.07, 6.45) is 8.53. The molecule has 4 bridgehead atoms. The average molecular weight is 542 g/mol. The molecule has 1 amide bonds. The van der Waals surface area contributed by atoms with E-state index in [1.807, 2.05) is 17.0 Å². The highest BCUT2D eigenvalue weighted by Crippen LogP contribution is 2.61. The van der Waals surface area contributed by atoms with Crippen molar-refractivity contribution < 1.29 is 9.72 Å². The van der Waals surface area contributed by atoms with Crippen LogP contribution in [0, 0.1) is 40.2 Å². The molecule has 9 heteroatoms. The first-order valence-electron chi connectivity index (χ1n) is 14.6. The quantitative estimate of drug-likeness (QED) is 0.338. The molecule has 4 saturated carbocycles. The summed E-state index contributed by atoms with van der Waals surface area (Å²) in [5.74, 6) is 2.79. The van der Waals surface area contributed by atoms with Crippen molar-refractivity contribution >= 4 is 28.1 Å². The number of nitrogens with zero attached hydrogens (tertiary/aromatic N) is 5. The highest BCUT2D eigenvalue weighted by atomic mass is 16.6. The number of aromatic nitrogens is 2. The van der Waals surface area contributed by atoms with Crippen molar-refractivity contribution in [2.75, 3.05) is 31.1 Å². The number of piperazine rings is 1. The molecule has 2 aromatic carbocycles. The van der Waals surface area contributed by atoms with E-state index in [2.05, 4.69) is 10.00 Å². The Kier molecular flexibility index (Phi) is 5.94. The molecule has 40 heavy (non-hydrogen) atoms. The Labute approximate surface area is 232 Å². The van der Waals surface area contributed by atoms with Gasteiger partial charge in [0.15, 0.2) is 0 Å². The number of nitro groups is 1. The van der Waals surface area contributed by atoms with Gasteiger partial charge in [-0.05, 0) is 86.8 Å². The van der Waals surface area contributed by atoms with E-state index in [1.54, 1.807) is 31.2 Å². The molecule has 2 heterocycles. The maximum atomic E-state index is 13.4. The van der Waals surface area contributed by atoms with Gasteiger partial charge < -0.3 is 9.80 Å². The maximum absolute atomic E-state index is 13.4. The Morgan fingerprint density at radius 2 is 1.60 bits per heavy atom. The lowest BCUT2D eigenvalue weighted by atomic mass is 9.49. The fraction of sp³-hybridized carbons (Fsp3) is 0.516. The van der Waals surface area contributed by atoms with Crippen LogP contribution >= 0.6 is 0 Å². The SMILES string of the molecule is Cc1nn(-c2cc(N3CCN(C(=O)CC45CC6CC(CC(C6)C4)C5)CC3)ccc2[N+](=O)[O-])c(=O)c2ccccc12. The van der Waals surface area contributed by atoms with Crippen molar-refractivity contribution in [1.82, 2.24) is 14.7 Å². The second-order valence-electron chi connectivity index (χ2n) is 12.7. The lowest BCUT2D eigenvalue weighted by Crippen LogP contribution is -2.52. The van der Waals surface area contributed by atoms with Gasteiger partial charge in [-0.3, -0.25) is 19.7 Å². The Morgan fingerprint density at radius 1 is 0.975 bits per heavy atom. The number of rotatable bonds is 5. The maximum Gasteiger partial charge on any atom is 0.295 e. The Morgan fingerprint density at radius 3 is 2.23 bits per heavy atom. The first-order chi connectivity index (χ1) is 19.3. The number of carbonyl (C=O) groups is 1. The lowest BCUT2D eigenvalue weighted by molar-refractivity contribution is -0.384. The summed E-state index contributed by atoms with van der Waals surface area (Å²) < 4.78 is 1.16. The van der Waals surface area contributed by atoms with Gasteiger partial charge in [0, 0.05) is 49.7 Å². The molecule has 1 aliphatic heterocycles. The summed E-state index contributed by atoms with van der Waals surface area (Å²) in [6.45, 7) is 4.34. The van der Waals surface area contributed by atoms with E-state index in [0.717, 1.165) is 33.5 Å².